The van der Waals surface area contributed by atoms with Gasteiger partial charge in [0.25, 0.3) is 0 Å². The first-order chi connectivity index (χ1) is 12.1. The molecule has 3 rings (SSSR count). The molecular weight excluding hydrogens is 472 g/mol. The van der Waals surface area contributed by atoms with Crippen LogP contribution in [0.25, 0.3) is 16.9 Å². The highest BCUT2D eigenvalue weighted by Crippen LogP contribution is 2.41. The number of nitriles is 1. The number of aromatic amines is 1. The monoisotopic (exact) mass is 479 g/mol. The summed E-state index contributed by atoms with van der Waals surface area (Å²) < 4.78 is 64.4. The van der Waals surface area contributed by atoms with E-state index in [1.165, 1.54) is 18.5 Å². The van der Waals surface area contributed by atoms with Crippen molar-refractivity contribution in [2.75, 3.05) is 0 Å². The fourth-order valence-electron chi connectivity index (χ4n) is 2.36. The van der Waals surface area contributed by atoms with E-state index < -0.39 is 21.2 Å². The van der Waals surface area contributed by atoms with Crippen LogP contribution < -0.4 is 0 Å². The van der Waals surface area contributed by atoms with Gasteiger partial charge < -0.3 is 4.57 Å². The molecule has 0 unspecified atom stereocenters. The van der Waals surface area contributed by atoms with E-state index in [0.29, 0.717) is 17.7 Å². The second-order valence-electron chi connectivity index (χ2n) is 5.17. The Hall–Kier alpha value is -2.49. The molecule has 11 heteroatoms. The lowest BCUT2D eigenvalue weighted by molar-refractivity contribution is -0.137. The highest BCUT2D eigenvalue weighted by atomic mass is 127. The summed E-state index contributed by atoms with van der Waals surface area (Å²) in [7, 11) is 0. The van der Waals surface area contributed by atoms with Crippen molar-refractivity contribution in [3.63, 3.8) is 0 Å². The number of hydrogen-bond acceptors (Lipinski definition) is 3. The van der Waals surface area contributed by atoms with Gasteiger partial charge >= 0.3 is 10.1 Å². The van der Waals surface area contributed by atoms with Crippen molar-refractivity contribution in [1.29, 1.82) is 5.26 Å². The topological polar surface area (TPSA) is 70.3 Å². The van der Waals surface area contributed by atoms with Gasteiger partial charge in [0.2, 0.25) is 0 Å². The van der Waals surface area contributed by atoms with Gasteiger partial charge in [-0.05, 0) is 24.3 Å². The van der Waals surface area contributed by atoms with Crippen LogP contribution in [0, 0.1) is 11.3 Å². The van der Waals surface area contributed by atoms with E-state index in [1.54, 1.807) is 6.07 Å². The lowest BCUT2D eigenvalue weighted by Gasteiger charge is -2.17. The molecule has 26 heavy (non-hydrogen) atoms. The third-order valence-electron chi connectivity index (χ3n) is 3.53. The minimum absolute atomic E-state index is 0.0220. The van der Waals surface area contributed by atoms with Crippen LogP contribution in [0.15, 0.2) is 36.7 Å². The van der Waals surface area contributed by atoms with E-state index >= 15 is 0 Å². The van der Waals surface area contributed by atoms with Gasteiger partial charge in [0.15, 0.2) is 5.69 Å². The number of benzene rings is 1. The molecule has 0 radical (unpaired) electrons. The van der Waals surface area contributed by atoms with Crippen LogP contribution in [0.5, 0.6) is 0 Å². The predicted octanol–water partition coefficient (Wildman–Crippen LogP) is 4.64. The molecule has 3 aromatic rings. The Kier molecular flexibility index (Phi) is 4.47. The van der Waals surface area contributed by atoms with Crippen LogP contribution in [0.4, 0.5) is 22.0 Å². The molecule has 0 saturated heterocycles. The fraction of sp³-hybridized carbons (Fsp3) is 0.133. The first-order valence-electron chi connectivity index (χ1n) is 6.89. The normalized spacial score (nSPS) is 12.2. The predicted molar refractivity (Wildman–Crippen MR) is 88.8 cm³/mol. The molecule has 0 bridgehead atoms. The first-order valence-corrected chi connectivity index (χ1v) is 7.97. The summed E-state index contributed by atoms with van der Waals surface area (Å²) in [4.78, 5) is 0. The third-order valence-corrected chi connectivity index (χ3v) is 4.11. The van der Waals surface area contributed by atoms with Gasteiger partial charge in [-0.3, -0.25) is 0 Å². The molecule has 5 nitrogen and oxygen atoms in total. The van der Waals surface area contributed by atoms with Crippen molar-refractivity contribution in [3.8, 4) is 23.0 Å². The van der Waals surface area contributed by atoms with E-state index in [2.05, 4.69) is 15.4 Å². The zero-order valence-corrected chi connectivity index (χ0v) is 14.7. The van der Waals surface area contributed by atoms with Crippen molar-refractivity contribution < 1.29 is 22.0 Å². The van der Waals surface area contributed by atoms with Crippen LogP contribution in [0.1, 0.15) is 16.8 Å². The van der Waals surface area contributed by atoms with Crippen LogP contribution in [0.3, 0.4) is 0 Å². The summed E-state index contributed by atoms with van der Waals surface area (Å²) in [5.74, 6) is 0. The zero-order valence-electron chi connectivity index (χ0n) is 12.5. The van der Waals surface area contributed by atoms with Gasteiger partial charge in [0, 0.05) is 40.5 Å². The Morgan fingerprint density at radius 2 is 1.85 bits per heavy atom. The van der Waals surface area contributed by atoms with Gasteiger partial charge in [-0.25, -0.2) is 0 Å². The summed E-state index contributed by atoms with van der Waals surface area (Å²) in [6.07, 6.45) is -2.06. The average Bonchev–Trinajstić information content (AvgIpc) is 3.21. The fourth-order valence-corrected chi connectivity index (χ4v) is 2.81. The van der Waals surface area contributed by atoms with E-state index in [9.17, 15) is 22.0 Å². The zero-order chi connectivity index (χ0) is 19.1. The second-order valence-corrected chi connectivity index (χ2v) is 6.52. The minimum atomic E-state index is -4.68. The van der Waals surface area contributed by atoms with Gasteiger partial charge in [-0.15, -0.1) is 5.10 Å². The SMILES string of the molecule is N#Cc1n[nH]nc1-c1ccn(-c2cc(C(F)(F)F)ccc2C(F)(F)I)c1. The maximum absolute atomic E-state index is 13.8. The number of nitrogens with zero attached hydrogens (tertiary/aromatic N) is 4. The largest absolute Gasteiger partial charge is 0.416 e. The number of H-pyrrole nitrogens is 1. The summed E-state index contributed by atoms with van der Waals surface area (Å²) in [6.45, 7) is 0. The number of rotatable bonds is 3. The number of halogens is 6. The molecule has 0 fully saturated rings. The quantitative estimate of drug-likeness (QED) is 0.338. The molecule has 0 aliphatic heterocycles. The van der Waals surface area contributed by atoms with Crippen molar-refractivity contribution in [2.45, 2.75) is 10.1 Å². The smallest absolute Gasteiger partial charge is 0.323 e. The van der Waals surface area contributed by atoms with Gasteiger partial charge in [-0.1, -0.05) is 0 Å². The van der Waals surface area contributed by atoms with Gasteiger partial charge in [0.1, 0.15) is 11.8 Å². The van der Waals surface area contributed by atoms with E-state index in [-0.39, 0.29) is 17.1 Å². The first kappa shape index (κ1) is 18.3. The summed E-state index contributed by atoms with van der Waals surface area (Å²) in [5.41, 5.74) is -1.46. The maximum Gasteiger partial charge on any atom is 0.416 e. The van der Waals surface area contributed by atoms with Crippen molar-refractivity contribution in [1.82, 2.24) is 20.0 Å². The molecule has 0 saturated carbocycles. The van der Waals surface area contributed by atoms with Crippen LogP contribution in [-0.4, -0.2) is 20.0 Å². The molecule has 0 amide bonds. The van der Waals surface area contributed by atoms with E-state index in [0.717, 1.165) is 33.2 Å². The lowest BCUT2D eigenvalue weighted by Crippen LogP contribution is -2.12. The maximum atomic E-state index is 13.8. The molecule has 0 spiro atoms. The van der Waals surface area contributed by atoms with Crippen molar-refractivity contribution >= 4 is 22.6 Å². The molecule has 0 atom stereocenters. The number of nitrogens with one attached hydrogen (secondary N) is 1. The molecule has 1 aromatic carbocycles. The Morgan fingerprint density at radius 3 is 2.46 bits per heavy atom. The van der Waals surface area contributed by atoms with Gasteiger partial charge in [-0.2, -0.15) is 37.5 Å². The molecule has 1 N–H and O–H groups in total. The summed E-state index contributed by atoms with van der Waals surface area (Å²) in [5, 5.41) is 18.6. The molecule has 0 aliphatic carbocycles. The standard InChI is InChI=1S/C15H7F5IN5/c16-14(17,18)9-1-2-10(15(19,20)21)12(5-9)26-4-3-8(7-26)13-11(6-22)23-25-24-13/h1-5,7H,(H,23,24,25). The van der Waals surface area contributed by atoms with E-state index in [4.69, 9.17) is 5.26 Å². The van der Waals surface area contributed by atoms with Crippen LogP contribution in [-0.2, 0) is 10.1 Å². The summed E-state index contributed by atoms with van der Waals surface area (Å²) >= 11 is 0.858. The molecular formula is C15H7F5IN5. The number of hydrogen-bond donors (Lipinski definition) is 1. The average molecular weight is 479 g/mol. The molecule has 0 aliphatic rings. The second kappa shape index (κ2) is 6.35. The third kappa shape index (κ3) is 3.41. The summed E-state index contributed by atoms with van der Waals surface area (Å²) in [6, 6.07) is 5.26. The Bertz CT molecular complexity index is 993. The highest BCUT2D eigenvalue weighted by molar-refractivity contribution is 14.1. The van der Waals surface area contributed by atoms with Crippen molar-refractivity contribution in [3.05, 3.63) is 53.5 Å². The van der Waals surface area contributed by atoms with Crippen LogP contribution in [0.2, 0.25) is 0 Å². The van der Waals surface area contributed by atoms with E-state index in [1.807, 2.05) is 0 Å². The highest BCUT2D eigenvalue weighted by Gasteiger charge is 2.35. The van der Waals surface area contributed by atoms with Crippen molar-refractivity contribution in [2.24, 2.45) is 0 Å². The molecule has 2 heterocycles. The number of aromatic nitrogens is 4. The lowest BCUT2D eigenvalue weighted by atomic mass is 10.1. The Balaban J connectivity index is 2.16. The molecule has 2 aromatic heterocycles. The Labute approximate surface area is 156 Å². The molecule has 134 valence electrons. The van der Waals surface area contributed by atoms with Gasteiger partial charge in [0.05, 0.1) is 16.8 Å². The Morgan fingerprint density at radius 1 is 1.12 bits per heavy atom. The number of alkyl halides is 6. The minimum Gasteiger partial charge on any atom is -0.323 e. The van der Waals surface area contributed by atoms with Crippen LogP contribution >= 0.6 is 22.6 Å².